The summed E-state index contributed by atoms with van der Waals surface area (Å²) in [4.78, 5) is 29.8. The molecule has 1 fully saturated rings. The fourth-order valence-electron chi connectivity index (χ4n) is 1.93. The molecule has 0 bridgehead atoms. The first kappa shape index (κ1) is 17.2. The van der Waals surface area contributed by atoms with Crippen LogP contribution in [0.4, 0.5) is 5.69 Å². The Balaban J connectivity index is 2.30. The smallest absolute Gasteiger partial charge is 0.251 e. The minimum absolute atomic E-state index is 0.00271. The Hall–Kier alpha value is -2.16. The molecule has 1 aromatic rings. The predicted octanol–water partition coefficient (Wildman–Crippen LogP) is -0.135. The SMILES string of the molecule is CC(CO)(CO)N=CC1C(=O)NC(=S)N(c2ccccc2)C1=O. The van der Waals surface area contributed by atoms with E-state index in [4.69, 9.17) is 12.2 Å². The normalized spacial score (nSPS) is 19.3. The maximum atomic E-state index is 12.6. The number of amides is 2. The molecule has 0 aromatic heterocycles. The van der Waals surface area contributed by atoms with Gasteiger partial charge in [0.25, 0.3) is 5.91 Å². The molecule has 122 valence electrons. The van der Waals surface area contributed by atoms with Crippen LogP contribution in [-0.4, -0.2) is 52.1 Å². The van der Waals surface area contributed by atoms with Crippen molar-refractivity contribution in [3.63, 3.8) is 0 Å². The standard InChI is InChI=1S/C15H17N3O4S/c1-15(8-19,9-20)16-7-11-12(21)17-14(23)18(13(11)22)10-5-3-2-4-6-10/h2-7,11,19-20H,8-9H2,1H3,(H,17,21,23). The van der Waals surface area contributed by atoms with Crippen molar-refractivity contribution in [2.75, 3.05) is 18.1 Å². The molecule has 0 radical (unpaired) electrons. The maximum absolute atomic E-state index is 12.6. The molecule has 23 heavy (non-hydrogen) atoms. The van der Waals surface area contributed by atoms with Crippen molar-refractivity contribution in [1.29, 1.82) is 0 Å². The minimum Gasteiger partial charge on any atom is -0.394 e. The molecule has 1 unspecified atom stereocenters. The number of anilines is 1. The van der Waals surface area contributed by atoms with Crippen molar-refractivity contribution in [3.8, 4) is 0 Å². The van der Waals surface area contributed by atoms with Crippen molar-refractivity contribution in [1.82, 2.24) is 5.32 Å². The predicted molar refractivity (Wildman–Crippen MR) is 89.2 cm³/mol. The first-order chi connectivity index (χ1) is 10.9. The topological polar surface area (TPSA) is 102 Å². The fourth-order valence-corrected chi connectivity index (χ4v) is 2.23. The third-order valence-electron chi connectivity index (χ3n) is 3.43. The molecule has 1 aromatic carbocycles. The minimum atomic E-state index is -1.18. The lowest BCUT2D eigenvalue weighted by Gasteiger charge is -2.31. The number of carbonyl (C=O) groups is 2. The highest BCUT2D eigenvalue weighted by atomic mass is 32.1. The molecule has 2 rings (SSSR count). The van der Waals surface area contributed by atoms with E-state index in [-0.39, 0.29) is 5.11 Å². The van der Waals surface area contributed by atoms with Gasteiger partial charge in [0.1, 0.15) is 5.54 Å². The molecule has 1 aliphatic rings. The molecular weight excluding hydrogens is 318 g/mol. The van der Waals surface area contributed by atoms with Gasteiger partial charge in [-0.05, 0) is 31.3 Å². The number of carbonyl (C=O) groups excluding carboxylic acids is 2. The molecule has 0 saturated carbocycles. The zero-order valence-corrected chi connectivity index (χ0v) is 13.3. The Morgan fingerprint density at radius 3 is 2.48 bits per heavy atom. The zero-order chi connectivity index (χ0) is 17.0. The average Bonchev–Trinajstić information content (AvgIpc) is 2.55. The second-order valence-corrected chi connectivity index (χ2v) is 5.76. The van der Waals surface area contributed by atoms with E-state index in [9.17, 15) is 19.8 Å². The fraction of sp³-hybridized carbons (Fsp3) is 0.333. The molecular formula is C15H17N3O4S. The van der Waals surface area contributed by atoms with Gasteiger partial charge in [-0.15, -0.1) is 0 Å². The van der Waals surface area contributed by atoms with E-state index in [2.05, 4.69) is 10.3 Å². The number of nitrogens with zero attached hydrogens (tertiary/aromatic N) is 2. The van der Waals surface area contributed by atoms with Gasteiger partial charge in [-0.25, -0.2) is 0 Å². The van der Waals surface area contributed by atoms with Gasteiger partial charge >= 0.3 is 0 Å². The van der Waals surface area contributed by atoms with Crippen molar-refractivity contribution < 1.29 is 19.8 Å². The molecule has 0 aliphatic carbocycles. The summed E-state index contributed by atoms with van der Waals surface area (Å²) in [6, 6.07) is 8.69. The lowest BCUT2D eigenvalue weighted by molar-refractivity contribution is -0.130. The quantitative estimate of drug-likeness (QED) is 0.395. The van der Waals surface area contributed by atoms with E-state index < -0.39 is 36.5 Å². The number of aliphatic imine (C=N–C) groups is 1. The van der Waals surface area contributed by atoms with Crippen molar-refractivity contribution in [3.05, 3.63) is 30.3 Å². The largest absolute Gasteiger partial charge is 0.394 e. The number of aliphatic hydroxyl groups excluding tert-OH is 2. The van der Waals surface area contributed by atoms with Crippen molar-refractivity contribution >= 4 is 41.0 Å². The Labute approximate surface area is 138 Å². The molecule has 2 amide bonds. The average molecular weight is 335 g/mol. The number of hydrogen-bond acceptors (Lipinski definition) is 6. The third kappa shape index (κ3) is 3.61. The number of benzene rings is 1. The summed E-state index contributed by atoms with van der Waals surface area (Å²) in [6.45, 7) is 0.682. The first-order valence-electron chi connectivity index (χ1n) is 6.93. The van der Waals surface area contributed by atoms with E-state index in [1.54, 1.807) is 30.3 Å². The van der Waals surface area contributed by atoms with E-state index in [0.717, 1.165) is 6.21 Å². The lowest BCUT2D eigenvalue weighted by Crippen LogP contribution is -2.58. The van der Waals surface area contributed by atoms with Gasteiger partial charge < -0.3 is 15.5 Å². The molecule has 1 aliphatic heterocycles. The summed E-state index contributed by atoms with van der Waals surface area (Å²) < 4.78 is 0. The molecule has 8 heteroatoms. The Morgan fingerprint density at radius 2 is 1.91 bits per heavy atom. The Kier molecular flexibility index (Phi) is 5.19. The summed E-state index contributed by atoms with van der Waals surface area (Å²) >= 11 is 5.07. The molecule has 1 atom stereocenters. The highest BCUT2D eigenvalue weighted by Gasteiger charge is 2.38. The van der Waals surface area contributed by atoms with Crippen LogP contribution >= 0.6 is 12.2 Å². The summed E-state index contributed by atoms with van der Waals surface area (Å²) in [6.07, 6.45) is 1.14. The van der Waals surface area contributed by atoms with Crippen LogP contribution < -0.4 is 10.2 Å². The summed E-state index contributed by atoms with van der Waals surface area (Å²) in [5, 5.41) is 20.9. The zero-order valence-electron chi connectivity index (χ0n) is 12.5. The van der Waals surface area contributed by atoms with Gasteiger partial charge in [-0.3, -0.25) is 19.5 Å². The van der Waals surface area contributed by atoms with Gasteiger partial charge in [0, 0.05) is 6.21 Å². The third-order valence-corrected chi connectivity index (χ3v) is 3.72. The van der Waals surface area contributed by atoms with E-state index in [1.165, 1.54) is 11.8 Å². The Morgan fingerprint density at radius 1 is 1.30 bits per heavy atom. The monoisotopic (exact) mass is 335 g/mol. The number of thiocarbonyl (C=S) groups is 1. The summed E-state index contributed by atoms with van der Waals surface area (Å²) in [7, 11) is 0. The van der Waals surface area contributed by atoms with Crippen LogP contribution in [0.5, 0.6) is 0 Å². The second kappa shape index (κ2) is 6.95. The van der Waals surface area contributed by atoms with E-state index >= 15 is 0 Å². The maximum Gasteiger partial charge on any atom is 0.251 e. The van der Waals surface area contributed by atoms with Crippen LogP contribution in [0.1, 0.15) is 6.92 Å². The summed E-state index contributed by atoms with van der Waals surface area (Å²) in [5.41, 5.74) is -0.621. The Bertz CT molecular complexity index is 643. The number of hydrogen-bond donors (Lipinski definition) is 3. The van der Waals surface area contributed by atoms with Gasteiger partial charge in [0.2, 0.25) is 5.91 Å². The van der Waals surface area contributed by atoms with Gasteiger partial charge in [0.05, 0.1) is 18.9 Å². The summed E-state index contributed by atoms with van der Waals surface area (Å²) in [5.74, 6) is -2.31. The van der Waals surface area contributed by atoms with Crippen LogP contribution in [0.2, 0.25) is 0 Å². The van der Waals surface area contributed by atoms with Gasteiger partial charge in [-0.1, -0.05) is 18.2 Å². The van der Waals surface area contributed by atoms with E-state index in [0.29, 0.717) is 5.69 Å². The van der Waals surface area contributed by atoms with E-state index in [1.807, 2.05) is 0 Å². The van der Waals surface area contributed by atoms with Crippen LogP contribution in [0.25, 0.3) is 0 Å². The van der Waals surface area contributed by atoms with Gasteiger partial charge in [0.15, 0.2) is 11.0 Å². The molecule has 0 spiro atoms. The molecule has 1 saturated heterocycles. The molecule has 7 nitrogen and oxygen atoms in total. The molecule has 3 N–H and O–H groups in total. The highest BCUT2D eigenvalue weighted by Crippen LogP contribution is 2.20. The second-order valence-electron chi connectivity index (χ2n) is 5.37. The molecule has 1 heterocycles. The van der Waals surface area contributed by atoms with Crippen LogP contribution in [0.3, 0.4) is 0 Å². The number of nitrogens with one attached hydrogen (secondary N) is 1. The number of rotatable bonds is 5. The first-order valence-corrected chi connectivity index (χ1v) is 7.33. The van der Waals surface area contributed by atoms with Crippen molar-refractivity contribution in [2.45, 2.75) is 12.5 Å². The van der Waals surface area contributed by atoms with Crippen molar-refractivity contribution in [2.24, 2.45) is 10.9 Å². The van der Waals surface area contributed by atoms with Gasteiger partial charge in [-0.2, -0.15) is 0 Å². The number of para-hydroxylation sites is 1. The van der Waals surface area contributed by atoms with Crippen LogP contribution in [0, 0.1) is 5.92 Å². The lowest BCUT2D eigenvalue weighted by atomic mass is 10.0. The van der Waals surface area contributed by atoms with Crippen LogP contribution in [-0.2, 0) is 9.59 Å². The highest BCUT2D eigenvalue weighted by molar-refractivity contribution is 7.80. The van der Waals surface area contributed by atoms with Crippen LogP contribution in [0.15, 0.2) is 35.3 Å². The number of aliphatic hydroxyl groups is 2.